The van der Waals surface area contributed by atoms with Crippen molar-refractivity contribution in [3.05, 3.63) is 17.9 Å². The van der Waals surface area contributed by atoms with Crippen LogP contribution in [0.3, 0.4) is 0 Å². The maximum Gasteiger partial charge on any atom is 0.145 e. The van der Waals surface area contributed by atoms with E-state index in [1.165, 1.54) is 0 Å². The normalized spacial score (nSPS) is 11.4. The molecule has 0 spiro atoms. The second-order valence-corrected chi connectivity index (χ2v) is 1.91. The number of aliphatic hydroxyl groups is 1. The highest BCUT2D eigenvalue weighted by Gasteiger charge is 2.05. The topological polar surface area (TPSA) is 29.5 Å². The van der Waals surface area contributed by atoms with E-state index < -0.39 is 6.10 Å². The maximum absolute atomic E-state index is 9.09. The van der Waals surface area contributed by atoms with Crippen molar-refractivity contribution < 1.29 is 9.84 Å². The lowest BCUT2D eigenvalue weighted by molar-refractivity contribution is 0.151. The summed E-state index contributed by atoms with van der Waals surface area (Å²) in [6, 6.07) is 0. The van der Waals surface area contributed by atoms with Crippen molar-refractivity contribution in [2.45, 2.75) is 13.0 Å². The Balaban J connectivity index is 4.00. The lowest BCUT2D eigenvalue weighted by Gasteiger charge is -2.05. The molecule has 0 amide bonds. The molecule has 0 aromatic carbocycles. The average molecular weight is 152 g/mol. The predicted octanol–water partition coefficient (Wildman–Crippen LogP) is 0.728. The first-order valence-electron chi connectivity index (χ1n) is 3.37. The van der Waals surface area contributed by atoms with Crippen molar-refractivity contribution in [3.8, 4) is 12.3 Å². The minimum atomic E-state index is -0.918. The van der Waals surface area contributed by atoms with Crippen LogP contribution in [0, 0.1) is 12.3 Å². The summed E-state index contributed by atoms with van der Waals surface area (Å²) in [6.45, 7) is 6.13. The predicted molar refractivity (Wildman–Crippen MR) is 44.0 cm³/mol. The summed E-state index contributed by atoms with van der Waals surface area (Å²) in [5, 5.41) is 9.09. The Morgan fingerprint density at radius 1 is 1.82 bits per heavy atom. The van der Waals surface area contributed by atoms with Gasteiger partial charge in [0.2, 0.25) is 0 Å². The van der Waals surface area contributed by atoms with Crippen molar-refractivity contribution in [2.24, 2.45) is 0 Å². The van der Waals surface area contributed by atoms with Crippen LogP contribution in [-0.4, -0.2) is 24.4 Å². The van der Waals surface area contributed by atoms with E-state index in [2.05, 4.69) is 18.2 Å². The van der Waals surface area contributed by atoms with Crippen LogP contribution in [0.1, 0.15) is 6.92 Å². The third kappa shape index (κ3) is 3.64. The fourth-order valence-corrected chi connectivity index (χ4v) is 0.539. The quantitative estimate of drug-likeness (QED) is 0.475. The van der Waals surface area contributed by atoms with Crippen molar-refractivity contribution in [3.63, 3.8) is 0 Å². The number of ether oxygens (including phenoxy) is 1. The van der Waals surface area contributed by atoms with Crippen LogP contribution in [0.4, 0.5) is 0 Å². The molecule has 0 saturated carbocycles. The van der Waals surface area contributed by atoms with Gasteiger partial charge in [-0.25, -0.2) is 0 Å². The Hall–Kier alpha value is -1.00. The van der Waals surface area contributed by atoms with E-state index >= 15 is 0 Å². The Morgan fingerprint density at radius 2 is 2.45 bits per heavy atom. The molecule has 0 saturated heterocycles. The summed E-state index contributed by atoms with van der Waals surface area (Å²) >= 11 is 0. The summed E-state index contributed by atoms with van der Waals surface area (Å²) in [5.74, 6) is 2.16. The molecule has 60 valence electrons. The molecule has 0 aromatic rings. The molecule has 0 fully saturated rings. The molecule has 0 radical (unpaired) electrons. The third-order valence-electron chi connectivity index (χ3n) is 1.18. The molecule has 1 unspecified atom stereocenters. The number of terminal acetylenes is 1. The first-order valence-corrected chi connectivity index (χ1v) is 3.37. The van der Waals surface area contributed by atoms with Gasteiger partial charge in [0.1, 0.15) is 6.10 Å². The van der Waals surface area contributed by atoms with Crippen molar-refractivity contribution in [1.29, 1.82) is 0 Å². The molecule has 2 nitrogen and oxygen atoms in total. The van der Waals surface area contributed by atoms with Crippen LogP contribution in [-0.2, 0) is 4.74 Å². The molecule has 0 aliphatic heterocycles. The van der Waals surface area contributed by atoms with E-state index in [0.717, 1.165) is 0 Å². The van der Waals surface area contributed by atoms with Gasteiger partial charge in [-0.05, 0) is 6.92 Å². The summed E-state index contributed by atoms with van der Waals surface area (Å²) in [6.07, 6.45) is 4.06. The molecular weight excluding hydrogens is 140 g/mol. The molecule has 0 bridgehead atoms. The molecular formula is C9H12O2. The van der Waals surface area contributed by atoms with Gasteiger partial charge in [-0.3, -0.25) is 0 Å². The maximum atomic E-state index is 9.09. The molecule has 0 aromatic heterocycles. The van der Waals surface area contributed by atoms with Gasteiger partial charge in [-0.15, -0.1) is 12.2 Å². The minimum Gasteiger partial charge on any atom is -0.377 e. The van der Waals surface area contributed by atoms with Gasteiger partial charge in [0.05, 0.1) is 6.61 Å². The smallest absolute Gasteiger partial charge is 0.145 e. The summed E-state index contributed by atoms with van der Waals surface area (Å²) < 4.78 is 5.01. The molecule has 11 heavy (non-hydrogen) atoms. The first kappa shape index (κ1) is 10.0. The molecule has 0 rings (SSSR count). The Morgan fingerprint density at radius 3 is 2.82 bits per heavy atom. The fraction of sp³-hybridized carbons (Fsp3) is 0.444. The van der Waals surface area contributed by atoms with Gasteiger partial charge in [0.25, 0.3) is 0 Å². The molecule has 0 aliphatic rings. The Bertz CT molecular complexity index is 194. The van der Waals surface area contributed by atoms with Crippen LogP contribution in [0.2, 0.25) is 0 Å². The zero-order valence-electron chi connectivity index (χ0n) is 6.63. The Kier molecular flexibility index (Phi) is 5.24. The van der Waals surface area contributed by atoms with Crippen LogP contribution in [0.15, 0.2) is 17.9 Å². The van der Waals surface area contributed by atoms with Crippen LogP contribution in [0.5, 0.6) is 0 Å². The van der Waals surface area contributed by atoms with E-state index in [-0.39, 0.29) is 0 Å². The lowest BCUT2D eigenvalue weighted by Crippen LogP contribution is -2.11. The van der Waals surface area contributed by atoms with Gasteiger partial charge in [-0.2, -0.15) is 0 Å². The van der Waals surface area contributed by atoms with Crippen molar-refractivity contribution in [2.75, 3.05) is 13.2 Å². The van der Waals surface area contributed by atoms with Gasteiger partial charge in [0, 0.05) is 12.2 Å². The summed E-state index contributed by atoms with van der Waals surface area (Å²) in [7, 11) is 0. The van der Waals surface area contributed by atoms with Gasteiger partial charge >= 0.3 is 0 Å². The van der Waals surface area contributed by atoms with E-state index in [0.29, 0.717) is 18.8 Å². The van der Waals surface area contributed by atoms with Crippen LogP contribution in [0.25, 0.3) is 0 Å². The highest BCUT2D eigenvalue weighted by atomic mass is 16.5. The largest absolute Gasteiger partial charge is 0.377 e. The second kappa shape index (κ2) is 5.76. The highest BCUT2D eigenvalue weighted by Crippen LogP contribution is 1.99. The standard InChI is InChI=1S/C9H12O2/c1-4-8(7-11-6-3)9(10)5-2/h2,9-10H,1,6-7H2,3H3. The fourth-order valence-electron chi connectivity index (χ4n) is 0.539. The van der Waals surface area contributed by atoms with Crippen molar-refractivity contribution in [1.82, 2.24) is 0 Å². The number of aliphatic hydroxyl groups excluding tert-OH is 1. The average Bonchev–Trinajstić information content (AvgIpc) is 2.05. The zero-order valence-corrected chi connectivity index (χ0v) is 6.63. The highest BCUT2D eigenvalue weighted by molar-refractivity contribution is 5.17. The summed E-state index contributed by atoms with van der Waals surface area (Å²) in [4.78, 5) is 0. The number of hydrogen-bond acceptors (Lipinski definition) is 2. The summed E-state index contributed by atoms with van der Waals surface area (Å²) in [5.41, 5.74) is 3.05. The van der Waals surface area contributed by atoms with Crippen LogP contribution < -0.4 is 0 Å². The second-order valence-electron chi connectivity index (χ2n) is 1.91. The minimum absolute atomic E-state index is 0.297. The SMILES string of the molecule is C#CC(O)C(=C=C)COCC. The molecule has 0 aliphatic carbocycles. The molecule has 0 heterocycles. The van der Waals surface area contributed by atoms with E-state index in [1.54, 1.807) is 0 Å². The van der Waals surface area contributed by atoms with Gasteiger partial charge in [-0.1, -0.05) is 12.5 Å². The van der Waals surface area contributed by atoms with Gasteiger partial charge in [0.15, 0.2) is 0 Å². The first-order chi connectivity index (χ1) is 5.26. The third-order valence-corrected chi connectivity index (χ3v) is 1.18. The lowest BCUT2D eigenvalue weighted by atomic mass is 10.2. The van der Waals surface area contributed by atoms with E-state index in [4.69, 9.17) is 16.3 Å². The zero-order chi connectivity index (χ0) is 8.69. The van der Waals surface area contributed by atoms with Crippen molar-refractivity contribution >= 4 is 0 Å². The molecule has 1 N–H and O–H groups in total. The van der Waals surface area contributed by atoms with E-state index in [1.807, 2.05) is 6.92 Å². The van der Waals surface area contributed by atoms with E-state index in [9.17, 15) is 0 Å². The number of rotatable bonds is 4. The Labute approximate surface area is 67.2 Å². The molecule has 2 heteroatoms. The van der Waals surface area contributed by atoms with Crippen LogP contribution >= 0.6 is 0 Å². The number of hydrogen-bond donors (Lipinski definition) is 1. The molecule has 1 atom stereocenters. The van der Waals surface area contributed by atoms with Gasteiger partial charge < -0.3 is 9.84 Å². The monoisotopic (exact) mass is 152 g/mol.